The molecule has 2 aromatic carbocycles. The zero-order valence-corrected chi connectivity index (χ0v) is 25.9. The van der Waals surface area contributed by atoms with Crippen molar-refractivity contribution < 1.29 is 18.1 Å². The molecule has 4 heterocycles. The monoisotopic (exact) mass is 641 g/mol. The summed E-state index contributed by atoms with van der Waals surface area (Å²) in [5, 5.41) is 16.1. The van der Waals surface area contributed by atoms with Crippen LogP contribution in [0.2, 0.25) is 0 Å². The first-order chi connectivity index (χ1) is 22.4. The van der Waals surface area contributed by atoms with E-state index in [0.717, 1.165) is 36.5 Å². The fourth-order valence-corrected chi connectivity index (χ4v) is 6.02. The van der Waals surface area contributed by atoms with Crippen molar-refractivity contribution in [2.45, 2.75) is 19.1 Å². The third kappa shape index (κ3) is 7.43. The topological polar surface area (TPSA) is 114 Å². The van der Waals surface area contributed by atoms with Crippen molar-refractivity contribution in [2.24, 2.45) is 0 Å². The molecule has 2 aliphatic heterocycles. The Bertz CT molecular complexity index is 1810. The van der Waals surface area contributed by atoms with Crippen LogP contribution in [0.5, 0.6) is 0 Å². The van der Waals surface area contributed by atoms with E-state index in [-0.39, 0.29) is 11.7 Å². The van der Waals surface area contributed by atoms with E-state index in [1.54, 1.807) is 18.2 Å². The molecule has 2 aliphatic rings. The van der Waals surface area contributed by atoms with Gasteiger partial charge in [0.1, 0.15) is 17.8 Å². The predicted molar refractivity (Wildman–Crippen MR) is 177 cm³/mol. The van der Waals surface area contributed by atoms with E-state index < -0.39 is 23.0 Å². The quantitative estimate of drug-likeness (QED) is 0.157. The average molecular weight is 642 g/mol. The number of pyridine rings is 1. The first-order valence-corrected chi connectivity index (χ1v) is 16.3. The van der Waals surface area contributed by atoms with Crippen molar-refractivity contribution in [1.29, 1.82) is 5.41 Å². The van der Waals surface area contributed by atoms with Crippen LogP contribution in [0.25, 0.3) is 22.4 Å². The highest BCUT2D eigenvalue weighted by Gasteiger charge is 2.24. The Morgan fingerprint density at radius 2 is 2.00 bits per heavy atom. The van der Waals surface area contributed by atoms with Gasteiger partial charge in [-0.2, -0.15) is 5.10 Å². The molecule has 1 saturated heterocycles. The minimum absolute atomic E-state index is 0.0585. The van der Waals surface area contributed by atoms with E-state index in [1.165, 1.54) is 18.0 Å². The molecule has 1 fully saturated rings. The number of allylic oxidation sites excluding steroid dienone is 4. The highest BCUT2D eigenvalue weighted by atomic mass is 32.2. The molecule has 3 N–H and O–H groups in total. The second-order valence-electron chi connectivity index (χ2n) is 11.0. The van der Waals surface area contributed by atoms with Crippen LogP contribution in [0, 0.1) is 17.0 Å². The van der Waals surface area contributed by atoms with Gasteiger partial charge in [0.25, 0.3) is 0 Å². The van der Waals surface area contributed by atoms with Crippen molar-refractivity contribution in [3.63, 3.8) is 0 Å². The van der Waals surface area contributed by atoms with Gasteiger partial charge in [0.2, 0.25) is 0 Å². The summed E-state index contributed by atoms with van der Waals surface area (Å²) in [6, 6.07) is 16.3. The Hall–Kier alpha value is -4.62. The van der Waals surface area contributed by atoms with Crippen LogP contribution in [0.1, 0.15) is 16.7 Å². The Kier molecular flexibility index (Phi) is 9.69. The summed E-state index contributed by atoms with van der Waals surface area (Å²) < 4.78 is 50.7. The van der Waals surface area contributed by atoms with Gasteiger partial charge >= 0.3 is 0 Å². The van der Waals surface area contributed by atoms with Crippen molar-refractivity contribution >= 4 is 34.4 Å². The summed E-state index contributed by atoms with van der Waals surface area (Å²) >= 11 is -1.41. The lowest BCUT2D eigenvalue weighted by atomic mass is 9.97. The average Bonchev–Trinajstić information content (AvgIpc) is 3.51. The standard InChI is InChI=1S/C34H33F2N7O2S/c1-46(44)41-29-12-25(11-26(13-29)34-32(36)14-28(35)18-39-34)31(15-37)33-8-7-24(16-38-33)27-17-40-43(20-27)21-30-22-45-10-9-42(30)19-23-5-3-2-4-6-23/h2-8,11-18,20,30,37-38,41H,9-10,19,21-22H2,1H3/b33-31+,37-15?. The number of aromatic nitrogens is 3. The first kappa shape index (κ1) is 31.4. The van der Waals surface area contributed by atoms with E-state index in [2.05, 4.69) is 49.3 Å². The number of rotatable bonds is 10. The molecule has 0 radical (unpaired) electrons. The van der Waals surface area contributed by atoms with Gasteiger partial charge in [0.15, 0.2) is 5.82 Å². The first-order valence-electron chi connectivity index (χ1n) is 14.7. The molecule has 236 valence electrons. The maximum Gasteiger partial charge on any atom is 0.152 e. The Morgan fingerprint density at radius 1 is 1.15 bits per heavy atom. The SMILES string of the molecule is C[S+]([O-])Nc1cc(/C(C=N)=C2\C=CC(c3cnn(CC4COCCN4Cc4ccccc4)c3)=CN2)cc(-c2ncc(F)cc2F)c1. The summed E-state index contributed by atoms with van der Waals surface area (Å²) in [4.78, 5) is 6.37. The van der Waals surface area contributed by atoms with E-state index in [4.69, 9.17) is 10.1 Å². The van der Waals surface area contributed by atoms with Crippen LogP contribution in [-0.2, 0) is 29.2 Å². The van der Waals surface area contributed by atoms with Gasteiger partial charge in [-0.3, -0.25) is 14.6 Å². The van der Waals surface area contributed by atoms with Gasteiger partial charge in [-0.05, 0) is 35.4 Å². The number of halogens is 2. The number of hydrogen-bond acceptors (Lipinski definition) is 8. The zero-order valence-electron chi connectivity index (χ0n) is 25.1. The molecule has 0 saturated carbocycles. The number of ether oxygens (including phenoxy) is 1. The molecule has 0 bridgehead atoms. The van der Waals surface area contributed by atoms with E-state index in [0.29, 0.717) is 47.8 Å². The van der Waals surface area contributed by atoms with Gasteiger partial charge in [-0.25, -0.2) is 13.5 Å². The van der Waals surface area contributed by atoms with E-state index in [9.17, 15) is 13.3 Å². The molecule has 6 rings (SSSR count). The lowest BCUT2D eigenvalue weighted by Crippen LogP contribution is -2.47. The zero-order chi connectivity index (χ0) is 32.0. The fraction of sp³-hybridized carbons (Fsp3) is 0.206. The van der Waals surface area contributed by atoms with Crippen molar-refractivity contribution in [1.82, 2.24) is 25.0 Å². The molecule has 2 unspecified atom stereocenters. The van der Waals surface area contributed by atoms with E-state index in [1.807, 2.05) is 41.5 Å². The predicted octanol–water partition coefficient (Wildman–Crippen LogP) is 5.39. The second-order valence-corrected chi connectivity index (χ2v) is 12.1. The van der Waals surface area contributed by atoms with Crippen LogP contribution in [-0.4, -0.2) is 62.5 Å². The maximum atomic E-state index is 14.7. The lowest BCUT2D eigenvalue weighted by Gasteiger charge is -2.35. The normalized spacial score (nSPS) is 18.4. The number of nitrogens with one attached hydrogen (secondary N) is 3. The fourth-order valence-electron chi connectivity index (χ4n) is 5.57. The molecular weight excluding hydrogens is 608 g/mol. The molecule has 4 aromatic rings. The van der Waals surface area contributed by atoms with Crippen LogP contribution in [0.4, 0.5) is 14.5 Å². The Balaban J connectivity index is 1.21. The van der Waals surface area contributed by atoms with E-state index >= 15 is 0 Å². The number of hydrogen-bond donors (Lipinski definition) is 3. The van der Waals surface area contributed by atoms with Crippen LogP contribution >= 0.6 is 0 Å². The number of dihydropyridines is 1. The molecule has 0 amide bonds. The molecule has 2 atom stereocenters. The summed E-state index contributed by atoms with van der Waals surface area (Å²) in [7, 11) is 0. The van der Waals surface area contributed by atoms with Crippen LogP contribution < -0.4 is 10.0 Å². The van der Waals surface area contributed by atoms with Crippen molar-refractivity contribution in [3.8, 4) is 11.3 Å². The van der Waals surface area contributed by atoms with Gasteiger partial charge < -0.3 is 20.0 Å². The van der Waals surface area contributed by atoms with Crippen molar-refractivity contribution in [3.05, 3.63) is 126 Å². The minimum Gasteiger partial charge on any atom is -0.593 e. The molecule has 46 heavy (non-hydrogen) atoms. The molecule has 2 aromatic heterocycles. The molecule has 12 heteroatoms. The van der Waals surface area contributed by atoms with Crippen LogP contribution in [0.15, 0.2) is 97.2 Å². The van der Waals surface area contributed by atoms with Gasteiger partial charge in [0.05, 0.1) is 55.2 Å². The molecule has 9 nitrogen and oxygen atoms in total. The second kappa shape index (κ2) is 14.2. The number of anilines is 1. The summed E-state index contributed by atoms with van der Waals surface area (Å²) in [5.41, 5.74) is 5.53. The maximum absolute atomic E-state index is 14.7. The van der Waals surface area contributed by atoms with Crippen molar-refractivity contribution in [2.75, 3.05) is 30.7 Å². The van der Waals surface area contributed by atoms with Gasteiger partial charge in [-0.1, -0.05) is 36.4 Å². The third-order valence-corrected chi connectivity index (χ3v) is 8.30. The Labute approximate surface area is 269 Å². The largest absolute Gasteiger partial charge is 0.593 e. The molecule has 0 aliphatic carbocycles. The minimum atomic E-state index is -1.41. The van der Waals surface area contributed by atoms with Gasteiger partial charge in [-0.15, -0.1) is 0 Å². The molecule has 0 spiro atoms. The summed E-state index contributed by atoms with van der Waals surface area (Å²) in [5.74, 6) is -1.61. The Morgan fingerprint density at radius 3 is 2.74 bits per heavy atom. The summed E-state index contributed by atoms with van der Waals surface area (Å²) in [6.45, 7) is 3.77. The number of nitrogens with zero attached hydrogens (tertiary/aromatic N) is 4. The van der Waals surface area contributed by atoms with Crippen LogP contribution in [0.3, 0.4) is 0 Å². The smallest absolute Gasteiger partial charge is 0.152 e. The van der Waals surface area contributed by atoms with Gasteiger partial charge in [0, 0.05) is 65.7 Å². The molecular formula is C34H33F2N7O2S. The highest BCUT2D eigenvalue weighted by molar-refractivity contribution is 7.92. The lowest BCUT2D eigenvalue weighted by molar-refractivity contribution is -0.0187. The summed E-state index contributed by atoms with van der Waals surface area (Å²) in [6.07, 6.45) is 13.1. The highest BCUT2D eigenvalue weighted by Crippen LogP contribution is 2.31. The number of morpholine rings is 1. The third-order valence-electron chi connectivity index (χ3n) is 7.78. The number of benzene rings is 2.